The lowest BCUT2D eigenvalue weighted by atomic mass is 10.1. The molecule has 25 heavy (non-hydrogen) atoms. The van der Waals surface area contributed by atoms with Gasteiger partial charge in [0.05, 0.1) is 12.7 Å². The highest BCUT2D eigenvalue weighted by Crippen LogP contribution is 2.23. The van der Waals surface area contributed by atoms with Crippen molar-refractivity contribution in [1.29, 1.82) is 0 Å². The first-order valence-electron chi connectivity index (χ1n) is 7.85. The monoisotopic (exact) mass is 380 g/mol. The van der Waals surface area contributed by atoms with Crippen LogP contribution in [0.25, 0.3) is 0 Å². The Morgan fingerprint density at radius 2 is 2.12 bits per heavy atom. The van der Waals surface area contributed by atoms with Gasteiger partial charge in [0, 0.05) is 28.7 Å². The molecule has 0 aliphatic carbocycles. The van der Waals surface area contributed by atoms with Crippen molar-refractivity contribution in [2.75, 3.05) is 7.11 Å². The highest BCUT2D eigenvalue weighted by Gasteiger charge is 2.17. The fraction of sp³-hybridized carbons (Fsp3) is 0.389. The van der Waals surface area contributed by atoms with Gasteiger partial charge in [-0.2, -0.15) is 4.99 Å². The Morgan fingerprint density at radius 1 is 1.40 bits per heavy atom. The Kier molecular flexibility index (Phi) is 6.19. The maximum Gasteiger partial charge on any atom is 0.282 e. The predicted octanol–water partition coefficient (Wildman–Crippen LogP) is 3.84. The Hall–Kier alpha value is -1.92. The molecule has 0 unspecified atom stereocenters. The van der Waals surface area contributed by atoms with Crippen LogP contribution in [0.1, 0.15) is 43.1 Å². The number of hydrogen-bond acceptors (Lipinski definition) is 4. The maximum absolute atomic E-state index is 12.7. The number of aromatic nitrogens is 1. The molecule has 2 rings (SSSR count). The first-order chi connectivity index (χ1) is 11.8. The van der Waals surface area contributed by atoms with Gasteiger partial charge in [0.1, 0.15) is 16.7 Å². The molecule has 0 saturated carbocycles. The summed E-state index contributed by atoms with van der Waals surface area (Å²) in [7, 11) is 1.49. The van der Waals surface area contributed by atoms with Crippen molar-refractivity contribution in [3.63, 3.8) is 0 Å². The van der Waals surface area contributed by atoms with Gasteiger partial charge in [-0.15, -0.1) is 0 Å². The van der Waals surface area contributed by atoms with E-state index in [1.54, 1.807) is 18.2 Å². The van der Waals surface area contributed by atoms with E-state index in [2.05, 4.69) is 25.8 Å². The molecule has 0 aliphatic rings. The smallest absolute Gasteiger partial charge is 0.282 e. The van der Waals surface area contributed by atoms with Crippen LogP contribution in [0.5, 0.6) is 5.75 Å². The van der Waals surface area contributed by atoms with Crippen molar-refractivity contribution in [1.82, 2.24) is 3.96 Å². The SMILES string of the molecule is COc1ccc(Cl)cc1C(=O)N=c1sn(C(C)(C)C)cc1CCC=O. The van der Waals surface area contributed by atoms with Crippen molar-refractivity contribution >= 4 is 35.3 Å². The summed E-state index contributed by atoms with van der Waals surface area (Å²) in [5.41, 5.74) is 1.05. The number of rotatable bonds is 5. The minimum atomic E-state index is -0.422. The van der Waals surface area contributed by atoms with Gasteiger partial charge in [-0.25, -0.2) is 0 Å². The summed E-state index contributed by atoms with van der Waals surface area (Å²) in [5, 5.41) is 0.441. The van der Waals surface area contributed by atoms with Crippen LogP contribution in [0.15, 0.2) is 29.4 Å². The third-order valence-corrected chi connectivity index (χ3v) is 5.13. The molecule has 2 aromatic rings. The Bertz CT molecular complexity index is 847. The average molecular weight is 381 g/mol. The summed E-state index contributed by atoms with van der Waals surface area (Å²) in [6.07, 6.45) is 3.75. The number of carbonyl (C=O) groups excluding carboxylic acids is 2. The number of methoxy groups -OCH3 is 1. The molecule has 0 fully saturated rings. The van der Waals surface area contributed by atoms with Crippen molar-refractivity contribution in [3.8, 4) is 5.75 Å². The molecule has 0 saturated heterocycles. The molecule has 1 heterocycles. The molecule has 1 amide bonds. The van der Waals surface area contributed by atoms with E-state index >= 15 is 0 Å². The van der Waals surface area contributed by atoms with E-state index in [-0.39, 0.29) is 5.54 Å². The third-order valence-electron chi connectivity index (χ3n) is 3.52. The molecule has 1 aromatic carbocycles. The van der Waals surface area contributed by atoms with Crippen LogP contribution in [0.4, 0.5) is 0 Å². The first kappa shape index (κ1) is 19.4. The van der Waals surface area contributed by atoms with E-state index in [4.69, 9.17) is 16.3 Å². The molecule has 1 aromatic heterocycles. The molecular weight excluding hydrogens is 360 g/mol. The van der Waals surface area contributed by atoms with E-state index in [9.17, 15) is 9.59 Å². The van der Waals surface area contributed by atoms with Gasteiger partial charge in [-0.3, -0.25) is 8.75 Å². The maximum atomic E-state index is 12.7. The zero-order valence-corrected chi connectivity index (χ0v) is 16.3. The van der Waals surface area contributed by atoms with Crippen LogP contribution in [0, 0.1) is 0 Å². The highest BCUT2D eigenvalue weighted by atomic mass is 35.5. The van der Waals surface area contributed by atoms with E-state index in [1.165, 1.54) is 18.6 Å². The second kappa shape index (κ2) is 7.97. The summed E-state index contributed by atoms with van der Waals surface area (Å²) in [4.78, 5) is 27.6. The number of ether oxygens (including phenoxy) is 1. The highest BCUT2D eigenvalue weighted by molar-refractivity contribution is 7.04. The van der Waals surface area contributed by atoms with Crippen molar-refractivity contribution in [2.45, 2.75) is 39.2 Å². The van der Waals surface area contributed by atoms with Gasteiger partial charge in [0.25, 0.3) is 5.91 Å². The van der Waals surface area contributed by atoms with Crippen molar-refractivity contribution in [2.24, 2.45) is 4.99 Å². The molecule has 0 radical (unpaired) electrons. The summed E-state index contributed by atoms with van der Waals surface area (Å²) in [5.74, 6) is 0.00228. The lowest BCUT2D eigenvalue weighted by molar-refractivity contribution is -0.107. The van der Waals surface area contributed by atoms with Crippen LogP contribution < -0.4 is 9.41 Å². The van der Waals surface area contributed by atoms with Gasteiger partial charge in [0.15, 0.2) is 0 Å². The molecule has 0 atom stereocenters. The topological polar surface area (TPSA) is 60.7 Å². The zero-order chi connectivity index (χ0) is 18.6. The molecule has 0 aliphatic heterocycles. The number of halogens is 1. The Balaban J connectivity index is 2.52. The van der Waals surface area contributed by atoms with Gasteiger partial charge in [-0.05, 0) is 56.9 Å². The van der Waals surface area contributed by atoms with Crippen LogP contribution in [0.3, 0.4) is 0 Å². The lowest BCUT2D eigenvalue weighted by Crippen LogP contribution is -2.18. The Morgan fingerprint density at radius 3 is 2.72 bits per heavy atom. The van der Waals surface area contributed by atoms with E-state index in [0.29, 0.717) is 33.8 Å². The molecular formula is C18H21ClN2O3S. The van der Waals surface area contributed by atoms with E-state index in [0.717, 1.165) is 11.8 Å². The summed E-state index contributed by atoms with van der Waals surface area (Å²) < 4.78 is 7.86. The molecule has 5 nitrogen and oxygen atoms in total. The van der Waals surface area contributed by atoms with Gasteiger partial charge in [0.2, 0.25) is 0 Å². The Labute approximate surface area is 156 Å². The van der Waals surface area contributed by atoms with Crippen molar-refractivity contribution < 1.29 is 14.3 Å². The minimum Gasteiger partial charge on any atom is -0.496 e. The van der Waals surface area contributed by atoms with Crippen LogP contribution >= 0.6 is 23.1 Å². The number of aryl methyl sites for hydroxylation is 1. The quantitative estimate of drug-likeness (QED) is 0.740. The first-order valence-corrected chi connectivity index (χ1v) is 9.00. The van der Waals surface area contributed by atoms with Gasteiger partial charge < -0.3 is 9.53 Å². The molecule has 134 valence electrons. The van der Waals surface area contributed by atoms with Gasteiger partial charge >= 0.3 is 0 Å². The third kappa shape index (κ3) is 4.80. The van der Waals surface area contributed by atoms with Crippen LogP contribution in [-0.4, -0.2) is 23.3 Å². The fourth-order valence-corrected chi connectivity index (χ4v) is 3.39. The average Bonchev–Trinajstić information content (AvgIpc) is 2.95. The number of carbonyl (C=O) groups is 2. The number of aldehydes is 1. The fourth-order valence-electron chi connectivity index (χ4n) is 2.18. The second-order valence-electron chi connectivity index (χ2n) is 6.51. The standard InChI is InChI=1S/C18H21ClN2O3S/c1-18(2,3)21-11-12(6-5-9-22)17(25-21)20-16(23)14-10-13(19)7-8-15(14)24-4/h7-11H,5-6H2,1-4H3. The largest absolute Gasteiger partial charge is 0.496 e. The van der Waals surface area contributed by atoms with E-state index in [1.807, 2.05) is 10.2 Å². The number of amides is 1. The van der Waals surface area contributed by atoms with Crippen molar-refractivity contribution in [3.05, 3.63) is 45.2 Å². The number of benzene rings is 1. The number of nitrogens with zero attached hydrogens (tertiary/aromatic N) is 2. The lowest BCUT2D eigenvalue weighted by Gasteiger charge is -2.19. The molecule has 7 heteroatoms. The second-order valence-corrected chi connectivity index (χ2v) is 7.91. The molecule has 0 bridgehead atoms. The minimum absolute atomic E-state index is 0.134. The summed E-state index contributed by atoms with van der Waals surface area (Å²) >= 11 is 7.39. The molecule has 0 N–H and O–H groups in total. The van der Waals surface area contributed by atoms with Gasteiger partial charge in [-0.1, -0.05) is 11.6 Å². The normalized spacial score (nSPS) is 12.3. The summed E-state index contributed by atoms with van der Waals surface area (Å²) in [6, 6.07) is 4.84. The van der Waals surface area contributed by atoms with E-state index < -0.39 is 5.91 Å². The zero-order valence-electron chi connectivity index (χ0n) is 14.7. The summed E-state index contributed by atoms with van der Waals surface area (Å²) in [6.45, 7) is 6.20. The predicted molar refractivity (Wildman–Crippen MR) is 99.6 cm³/mol. The van der Waals surface area contributed by atoms with Crippen LogP contribution in [-0.2, 0) is 16.8 Å². The number of hydrogen-bond donors (Lipinski definition) is 0. The molecule has 0 spiro atoms. The van der Waals surface area contributed by atoms with Crippen LogP contribution in [0.2, 0.25) is 5.02 Å².